The van der Waals surface area contributed by atoms with Gasteiger partial charge in [0, 0.05) is 13.1 Å². The van der Waals surface area contributed by atoms with E-state index in [2.05, 4.69) is 5.32 Å². The molecule has 0 aliphatic carbocycles. The van der Waals surface area contributed by atoms with Crippen molar-refractivity contribution in [3.8, 4) is 0 Å². The molecule has 1 aromatic heterocycles. The predicted molar refractivity (Wildman–Crippen MR) is 91.3 cm³/mol. The van der Waals surface area contributed by atoms with Crippen molar-refractivity contribution in [2.75, 3.05) is 26.2 Å². The zero-order valence-corrected chi connectivity index (χ0v) is 14.8. The van der Waals surface area contributed by atoms with Gasteiger partial charge in [-0.2, -0.15) is 0 Å². The summed E-state index contributed by atoms with van der Waals surface area (Å²) >= 11 is 13.3. The number of nitrogens with one attached hydrogen (secondary N) is 1. The molecule has 2 saturated heterocycles. The first kappa shape index (κ1) is 17.4. The normalized spacial score (nSPS) is 21.1. The molecule has 1 aromatic rings. The Labute approximate surface area is 145 Å². The van der Waals surface area contributed by atoms with Gasteiger partial charge in [0.1, 0.15) is 4.34 Å². The number of likely N-dealkylation sites (tertiary alicyclic amines) is 1. The molecule has 0 saturated carbocycles. The summed E-state index contributed by atoms with van der Waals surface area (Å²) in [5.41, 5.74) is 1.01. The van der Waals surface area contributed by atoms with Crippen LogP contribution in [0.5, 0.6) is 0 Å². The van der Waals surface area contributed by atoms with E-state index < -0.39 is 0 Å². The van der Waals surface area contributed by atoms with Crippen LogP contribution >= 0.6 is 46.9 Å². The van der Waals surface area contributed by atoms with Gasteiger partial charge in [-0.15, -0.1) is 23.7 Å². The van der Waals surface area contributed by atoms with E-state index in [0.717, 1.165) is 39.0 Å². The number of carbonyl (C=O) groups is 1. The van der Waals surface area contributed by atoms with Gasteiger partial charge >= 0.3 is 0 Å². The van der Waals surface area contributed by atoms with Gasteiger partial charge in [0.05, 0.1) is 9.90 Å². The summed E-state index contributed by atoms with van der Waals surface area (Å²) in [7, 11) is 0. The average molecular weight is 370 g/mol. The Hall–Kier alpha value is -0.000000000000000104. The molecule has 3 heterocycles. The molecule has 1 N–H and O–H groups in total. The molecule has 1 spiro atoms. The molecule has 0 aromatic carbocycles. The first-order valence-electron chi connectivity index (χ1n) is 7.05. The minimum atomic E-state index is 0. The van der Waals surface area contributed by atoms with Gasteiger partial charge in [-0.3, -0.25) is 4.79 Å². The molecule has 0 unspecified atom stereocenters. The van der Waals surface area contributed by atoms with Crippen molar-refractivity contribution in [1.29, 1.82) is 0 Å². The molecule has 2 aliphatic heterocycles. The Morgan fingerprint density at radius 3 is 2.33 bits per heavy atom. The summed E-state index contributed by atoms with van der Waals surface area (Å²) in [6, 6.07) is 1.69. The molecular weight excluding hydrogens is 351 g/mol. The Morgan fingerprint density at radius 1 is 1.19 bits per heavy atom. The van der Waals surface area contributed by atoms with E-state index in [4.69, 9.17) is 23.2 Å². The van der Waals surface area contributed by atoms with Gasteiger partial charge < -0.3 is 10.2 Å². The maximum atomic E-state index is 12.5. The Bertz CT molecular complexity index is 504. The highest BCUT2D eigenvalue weighted by Gasteiger charge is 2.37. The molecule has 1 amide bonds. The summed E-state index contributed by atoms with van der Waals surface area (Å²) in [6.45, 7) is 3.89. The van der Waals surface area contributed by atoms with Crippen LogP contribution in [-0.4, -0.2) is 37.0 Å². The van der Waals surface area contributed by atoms with E-state index in [0.29, 0.717) is 19.7 Å². The van der Waals surface area contributed by atoms with Gasteiger partial charge in [0.15, 0.2) is 0 Å². The fraction of sp³-hybridized carbons (Fsp3) is 0.643. The van der Waals surface area contributed by atoms with Crippen LogP contribution < -0.4 is 5.32 Å². The molecule has 7 heteroatoms. The number of carbonyl (C=O) groups excluding carboxylic acids is 1. The van der Waals surface area contributed by atoms with Gasteiger partial charge in [0.25, 0.3) is 5.91 Å². The van der Waals surface area contributed by atoms with Crippen LogP contribution in [0.2, 0.25) is 8.67 Å². The van der Waals surface area contributed by atoms with Crippen molar-refractivity contribution in [1.82, 2.24) is 10.2 Å². The Kier molecular flexibility index (Phi) is 5.83. The number of piperidine rings is 2. The average Bonchev–Trinajstić information content (AvgIpc) is 2.79. The third-order valence-corrected chi connectivity index (χ3v) is 6.15. The van der Waals surface area contributed by atoms with E-state index >= 15 is 0 Å². The molecule has 2 fully saturated rings. The van der Waals surface area contributed by atoms with Crippen molar-refractivity contribution >= 4 is 52.9 Å². The molecule has 0 bridgehead atoms. The van der Waals surface area contributed by atoms with Gasteiger partial charge in [-0.05, 0) is 50.3 Å². The first-order valence-corrected chi connectivity index (χ1v) is 8.62. The van der Waals surface area contributed by atoms with E-state index in [1.165, 1.54) is 24.2 Å². The summed E-state index contributed by atoms with van der Waals surface area (Å²) in [5, 5.41) is 3.42. The first-order chi connectivity index (χ1) is 9.60. The quantitative estimate of drug-likeness (QED) is 0.809. The second-order valence-electron chi connectivity index (χ2n) is 5.78. The van der Waals surface area contributed by atoms with Crippen molar-refractivity contribution in [2.45, 2.75) is 25.7 Å². The third-order valence-electron chi connectivity index (χ3n) is 4.66. The maximum Gasteiger partial charge on any atom is 0.256 e. The van der Waals surface area contributed by atoms with Crippen molar-refractivity contribution in [3.63, 3.8) is 0 Å². The van der Waals surface area contributed by atoms with E-state index in [9.17, 15) is 4.79 Å². The monoisotopic (exact) mass is 368 g/mol. The standard InChI is InChI=1S/C14H18Cl2N2OS.ClH/c15-11-9-10(12(16)20-11)13(19)18-7-3-14(4-8-18)1-5-17-6-2-14;/h9,17H,1-8H2;1H. The lowest BCUT2D eigenvalue weighted by atomic mass is 9.71. The summed E-state index contributed by atoms with van der Waals surface area (Å²) in [5.74, 6) is 0.0296. The van der Waals surface area contributed by atoms with Crippen molar-refractivity contribution < 1.29 is 4.79 Å². The topological polar surface area (TPSA) is 32.3 Å². The van der Waals surface area contributed by atoms with Gasteiger partial charge in [-0.25, -0.2) is 0 Å². The largest absolute Gasteiger partial charge is 0.339 e. The highest BCUT2D eigenvalue weighted by molar-refractivity contribution is 7.20. The summed E-state index contributed by atoms with van der Waals surface area (Å²) < 4.78 is 1.08. The number of hydrogen-bond acceptors (Lipinski definition) is 3. The van der Waals surface area contributed by atoms with Crippen LogP contribution in [0.1, 0.15) is 36.0 Å². The molecule has 118 valence electrons. The summed E-state index contributed by atoms with van der Waals surface area (Å²) in [4.78, 5) is 14.4. The zero-order valence-electron chi connectivity index (χ0n) is 11.7. The number of rotatable bonds is 1. The van der Waals surface area contributed by atoms with Crippen LogP contribution in [0.15, 0.2) is 6.07 Å². The highest BCUT2D eigenvalue weighted by Crippen LogP contribution is 2.40. The zero-order chi connectivity index (χ0) is 14.2. The van der Waals surface area contributed by atoms with Crippen LogP contribution in [0.25, 0.3) is 0 Å². The number of amides is 1. The minimum absolute atomic E-state index is 0. The van der Waals surface area contributed by atoms with Crippen LogP contribution in [0.3, 0.4) is 0 Å². The van der Waals surface area contributed by atoms with Gasteiger partial charge in [-0.1, -0.05) is 23.2 Å². The van der Waals surface area contributed by atoms with E-state index in [-0.39, 0.29) is 18.3 Å². The molecular formula is C14H19Cl3N2OS. The van der Waals surface area contributed by atoms with Crippen molar-refractivity contribution in [3.05, 3.63) is 20.3 Å². The fourth-order valence-corrected chi connectivity index (χ4v) is 4.75. The molecule has 2 aliphatic rings. The maximum absolute atomic E-state index is 12.5. The number of nitrogens with zero attached hydrogens (tertiary/aromatic N) is 1. The molecule has 0 radical (unpaired) electrons. The smallest absolute Gasteiger partial charge is 0.256 e. The Morgan fingerprint density at radius 2 is 1.81 bits per heavy atom. The second kappa shape index (κ2) is 7.05. The molecule has 0 atom stereocenters. The van der Waals surface area contributed by atoms with Crippen LogP contribution in [-0.2, 0) is 0 Å². The van der Waals surface area contributed by atoms with Crippen LogP contribution in [0.4, 0.5) is 0 Å². The van der Waals surface area contributed by atoms with E-state index in [1.54, 1.807) is 6.07 Å². The lowest BCUT2D eigenvalue weighted by Gasteiger charge is -2.44. The molecule has 3 rings (SSSR count). The van der Waals surface area contributed by atoms with Crippen molar-refractivity contribution in [2.24, 2.45) is 5.41 Å². The third kappa shape index (κ3) is 3.67. The molecule has 21 heavy (non-hydrogen) atoms. The SMILES string of the molecule is Cl.O=C(c1cc(Cl)sc1Cl)N1CCC2(CCNCC2)CC1. The Balaban J connectivity index is 0.00000161. The number of thiophene rings is 1. The fourth-order valence-electron chi connectivity index (χ4n) is 3.30. The minimum Gasteiger partial charge on any atom is -0.339 e. The number of halogens is 3. The van der Waals surface area contributed by atoms with E-state index in [1.807, 2.05) is 4.90 Å². The summed E-state index contributed by atoms with van der Waals surface area (Å²) in [6.07, 6.45) is 4.69. The predicted octanol–water partition coefficient (Wildman–Crippen LogP) is 4.08. The lowest BCUT2D eigenvalue weighted by Crippen LogP contribution is -2.47. The van der Waals surface area contributed by atoms with Gasteiger partial charge in [0.2, 0.25) is 0 Å². The second-order valence-corrected chi connectivity index (χ2v) is 8.07. The molecule has 3 nitrogen and oxygen atoms in total. The lowest BCUT2D eigenvalue weighted by molar-refractivity contribution is 0.0496. The number of hydrogen-bond donors (Lipinski definition) is 1. The van der Waals surface area contributed by atoms with Crippen LogP contribution in [0, 0.1) is 5.41 Å². The highest BCUT2D eigenvalue weighted by atomic mass is 35.5.